The SMILES string of the molecule is Cc1nn(-c2ccccc2)c(Cl)c1C(=O)OCC(=O)N(C)Cc1cccs1. The first-order valence-corrected chi connectivity index (χ1v) is 9.47. The molecule has 0 N–H and O–H groups in total. The molecular weight excluding hydrogens is 386 g/mol. The third-order valence-corrected chi connectivity index (χ3v) is 5.14. The number of carbonyl (C=O) groups excluding carboxylic acids is 2. The average Bonchev–Trinajstić information content (AvgIpc) is 3.27. The van der Waals surface area contributed by atoms with E-state index in [0.29, 0.717) is 12.2 Å². The van der Waals surface area contributed by atoms with E-state index >= 15 is 0 Å². The van der Waals surface area contributed by atoms with E-state index in [1.165, 1.54) is 9.58 Å². The largest absolute Gasteiger partial charge is 0.452 e. The molecule has 0 unspecified atom stereocenters. The van der Waals surface area contributed by atoms with Crippen LogP contribution in [0.25, 0.3) is 5.69 Å². The number of para-hydroxylation sites is 1. The van der Waals surface area contributed by atoms with Gasteiger partial charge in [-0.3, -0.25) is 4.79 Å². The normalized spacial score (nSPS) is 10.6. The minimum absolute atomic E-state index is 0.156. The Bertz CT molecular complexity index is 939. The summed E-state index contributed by atoms with van der Waals surface area (Å²) in [6, 6.07) is 13.1. The van der Waals surface area contributed by atoms with Crippen molar-refractivity contribution in [1.82, 2.24) is 14.7 Å². The summed E-state index contributed by atoms with van der Waals surface area (Å²) in [6.07, 6.45) is 0. The van der Waals surface area contributed by atoms with Gasteiger partial charge < -0.3 is 9.64 Å². The zero-order valence-corrected chi connectivity index (χ0v) is 16.5. The number of rotatable bonds is 6. The molecule has 0 fully saturated rings. The first kappa shape index (κ1) is 19.1. The van der Waals surface area contributed by atoms with Crippen LogP contribution in [-0.4, -0.2) is 40.2 Å². The number of aryl methyl sites for hydroxylation is 1. The van der Waals surface area contributed by atoms with Crippen molar-refractivity contribution in [2.24, 2.45) is 0 Å². The minimum atomic E-state index is -0.669. The van der Waals surface area contributed by atoms with Crippen LogP contribution in [0.2, 0.25) is 5.15 Å². The lowest BCUT2D eigenvalue weighted by molar-refractivity contribution is -0.133. The van der Waals surface area contributed by atoms with Crippen LogP contribution in [-0.2, 0) is 16.1 Å². The molecule has 6 nitrogen and oxygen atoms in total. The van der Waals surface area contributed by atoms with E-state index in [0.717, 1.165) is 10.6 Å². The van der Waals surface area contributed by atoms with E-state index in [-0.39, 0.29) is 23.2 Å². The fraction of sp³-hybridized carbons (Fsp3) is 0.211. The number of aromatic nitrogens is 2. The highest BCUT2D eigenvalue weighted by Crippen LogP contribution is 2.24. The number of thiophene rings is 1. The van der Waals surface area contributed by atoms with Gasteiger partial charge in [0.2, 0.25) is 0 Å². The van der Waals surface area contributed by atoms with Crippen molar-refractivity contribution in [2.75, 3.05) is 13.7 Å². The maximum atomic E-state index is 12.4. The van der Waals surface area contributed by atoms with Gasteiger partial charge in [-0.2, -0.15) is 5.10 Å². The predicted molar refractivity (Wildman–Crippen MR) is 104 cm³/mol. The third kappa shape index (κ3) is 4.37. The first-order valence-electron chi connectivity index (χ1n) is 8.21. The number of likely N-dealkylation sites (N-methyl/N-ethyl adjacent to an activating group) is 1. The Morgan fingerprint density at radius 1 is 1.22 bits per heavy atom. The van der Waals surface area contributed by atoms with E-state index in [1.54, 1.807) is 25.3 Å². The van der Waals surface area contributed by atoms with Crippen molar-refractivity contribution < 1.29 is 14.3 Å². The Kier molecular flexibility index (Phi) is 5.93. The lowest BCUT2D eigenvalue weighted by atomic mass is 10.2. The Morgan fingerprint density at radius 3 is 2.63 bits per heavy atom. The molecule has 0 radical (unpaired) electrons. The fourth-order valence-corrected chi connectivity index (χ4v) is 3.61. The van der Waals surface area contributed by atoms with Gasteiger partial charge in [0.15, 0.2) is 6.61 Å². The summed E-state index contributed by atoms with van der Waals surface area (Å²) >= 11 is 7.90. The summed E-state index contributed by atoms with van der Waals surface area (Å²) in [6.45, 7) is 1.79. The summed E-state index contributed by atoms with van der Waals surface area (Å²) in [7, 11) is 1.67. The smallest absolute Gasteiger partial charge is 0.343 e. The van der Waals surface area contributed by atoms with Crippen LogP contribution in [0, 0.1) is 6.92 Å². The standard InChI is InChI=1S/C19H18ClN3O3S/c1-13-17(18(20)23(21-13)14-7-4-3-5-8-14)19(25)26-12-16(24)22(2)11-15-9-6-10-27-15/h3-10H,11-12H2,1-2H3. The van der Waals surface area contributed by atoms with Crippen molar-refractivity contribution in [1.29, 1.82) is 0 Å². The van der Waals surface area contributed by atoms with Crippen LogP contribution in [0.3, 0.4) is 0 Å². The highest BCUT2D eigenvalue weighted by molar-refractivity contribution is 7.09. The molecule has 0 atom stereocenters. The number of esters is 1. The van der Waals surface area contributed by atoms with Crippen LogP contribution in [0.15, 0.2) is 47.8 Å². The van der Waals surface area contributed by atoms with Crippen LogP contribution in [0.5, 0.6) is 0 Å². The first-order chi connectivity index (χ1) is 13.0. The third-order valence-electron chi connectivity index (χ3n) is 3.93. The van der Waals surface area contributed by atoms with Crippen molar-refractivity contribution in [3.63, 3.8) is 0 Å². The molecule has 0 saturated heterocycles. The second-order valence-corrected chi connectivity index (χ2v) is 7.29. The topological polar surface area (TPSA) is 64.4 Å². The van der Waals surface area contributed by atoms with Crippen molar-refractivity contribution >= 4 is 34.8 Å². The molecule has 0 aliphatic carbocycles. The molecule has 0 spiro atoms. The summed E-state index contributed by atoms with van der Waals surface area (Å²) in [5.74, 6) is -0.960. The number of carbonyl (C=O) groups is 2. The van der Waals surface area contributed by atoms with Gasteiger partial charge in [-0.25, -0.2) is 9.48 Å². The molecule has 140 valence electrons. The van der Waals surface area contributed by atoms with E-state index in [4.69, 9.17) is 16.3 Å². The van der Waals surface area contributed by atoms with Crippen molar-refractivity contribution in [2.45, 2.75) is 13.5 Å². The molecule has 1 amide bonds. The molecule has 1 aromatic carbocycles. The average molecular weight is 404 g/mol. The van der Waals surface area contributed by atoms with Crippen LogP contribution in [0.1, 0.15) is 20.9 Å². The molecule has 3 aromatic rings. The zero-order chi connectivity index (χ0) is 19.4. The molecule has 2 aromatic heterocycles. The number of hydrogen-bond donors (Lipinski definition) is 0. The number of ether oxygens (including phenoxy) is 1. The van der Waals surface area contributed by atoms with Crippen molar-refractivity contribution in [3.05, 3.63) is 69.1 Å². The van der Waals surface area contributed by atoms with Gasteiger partial charge >= 0.3 is 5.97 Å². The maximum Gasteiger partial charge on any atom is 0.343 e. The Balaban J connectivity index is 1.66. The van der Waals surface area contributed by atoms with E-state index in [2.05, 4.69) is 5.10 Å². The molecule has 2 heterocycles. The van der Waals surface area contributed by atoms with Gasteiger partial charge in [-0.05, 0) is 30.5 Å². The number of hydrogen-bond acceptors (Lipinski definition) is 5. The Morgan fingerprint density at radius 2 is 1.96 bits per heavy atom. The molecule has 0 aliphatic rings. The summed E-state index contributed by atoms with van der Waals surface area (Å²) in [5.41, 5.74) is 1.33. The van der Waals surface area contributed by atoms with E-state index < -0.39 is 5.97 Å². The molecule has 0 aliphatic heterocycles. The van der Waals surface area contributed by atoms with Crippen LogP contribution < -0.4 is 0 Å². The van der Waals surface area contributed by atoms with Gasteiger partial charge in [0.05, 0.1) is 17.9 Å². The second kappa shape index (κ2) is 8.37. The monoisotopic (exact) mass is 403 g/mol. The summed E-state index contributed by atoms with van der Waals surface area (Å²) in [4.78, 5) is 27.2. The van der Waals surface area contributed by atoms with Gasteiger partial charge in [-0.1, -0.05) is 35.9 Å². The predicted octanol–water partition coefficient (Wildman–Crippen LogP) is 3.71. The maximum absolute atomic E-state index is 12.4. The zero-order valence-electron chi connectivity index (χ0n) is 14.9. The highest BCUT2D eigenvalue weighted by Gasteiger charge is 2.23. The van der Waals surface area contributed by atoms with E-state index in [1.807, 2.05) is 47.8 Å². The lowest BCUT2D eigenvalue weighted by Gasteiger charge is -2.16. The van der Waals surface area contributed by atoms with Gasteiger partial charge in [-0.15, -0.1) is 11.3 Å². The number of halogens is 1. The minimum Gasteiger partial charge on any atom is -0.452 e. The molecular formula is C19H18ClN3O3S. The van der Waals surface area contributed by atoms with Crippen molar-refractivity contribution in [3.8, 4) is 5.69 Å². The quantitative estimate of drug-likeness (QED) is 0.588. The Hall–Kier alpha value is -2.64. The van der Waals surface area contributed by atoms with Crippen LogP contribution in [0.4, 0.5) is 0 Å². The van der Waals surface area contributed by atoms with E-state index in [9.17, 15) is 9.59 Å². The van der Waals surface area contributed by atoms with Gasteiger partial charge in [0.1, 0.15) is 10.7 Å². The highest BCUT2D eigenvalue weighted by atomic mass is 35.5. The van der Waals surface area contributed by atoms with Crippen LogP contribution >= 0.6 is 22.9 Å². The van der Waals surface area contributed by atoms with Gasteiger partial charge in [0.25, 0.3) is 5.91 Å². The molecule has 0 bridgehead atoms. The fourth-order valence-electron chi connectivity index (χ4n) is 2.51. The molecule has 3 rings (SSSR count). The molecule has 8 heteroatoms. The molecule has 0 saturated carbocycles. The molecule has 27 heavy (non-hydrogen) atoms. The number of nitrogens with zero attached hydrogens (tertiary/aromatic N) is 3. The van der Waals surface area contributed by atoms with Gasteiger partial charge in [0, 0.05) is 11.9 Å². The number of benzene rings is 1. The summed E-state index contributed by atoms with van der Waals surface area (Å²) < 4.78 is 6.65. The second-order valence-electron chi connectivity index (χ2n) is 5.90. The summed E-state index contributed by atoms with van der Waals surface area (Å²) in [5, 5.41) is 6.41. The Labute approximate surface area is 165 Å². The lowest BCUT2D eigenvalue weighted by Crippen LogP contribution is -2.30. The number of amides is 1.